The first kappa shape index (κ1) is 17.3. The Balaban J connectivity index is 1.87. The summed E-state index contributed by atoms with van der Waals surface area (Å²) in [5.74, 6) is 0.904. The zero-order chi connectivity index (χ0) is 17.5. The highest BCUT2D eigenvalue weighted by molar-refractivity contribution is 7.98. The van der Waals surface area contributed by atoms with Gasteiger partial charge in [0, 0.05) is 36.0 Å². The Morgan fingerprint density at radius 1 is 1.08 bits per heavy atom. The van der Waals surface area contributed by atoms with E-state index in [0.717, 1.165) is 28.3 Å². The summed E-state index contributed by atoms with van der Waals surface area (Å²) in [4.78, 5) is 11.9. The monoisotopic (exact) mass is 351 g/mol. The summed E-state index contributed by atoms with van der Waals surface area (Å²) in [6.07, 6.45) is 4.53. The Labute approximate surface area is 152 Å². The van der Waals surface area contributed by atoms with Crippen LogP contribution in [-0.2, 0) is 11.3 Å². The summed E-state index contributed by atoms with van der Waals surface area (Å²) in [6.45, 7) is 0.476. The van der Waals surface area contributed by atoms with Gasteiger partial charge in [0.05, 0.1) is 11.4 Å². The van der Waals surface area contributed by atoms with Gasteiger partial charge in [-0.05, 0) is 18.4 Å². The molecule has 1 N–H and O–H groups in total. The molecule has 0 aliphatic rings. The van der Waals surface area contributed by atoms with Crippen molar-refractivity contribution in [1.82, 2.24) is 15.1 Å². The number of carbonyl (C=O) groups excluding carboxylic acids is 1. The van der Waals surface area contributed by atoms with Crippen molar-refractivity contribution in [3.63, 3.8) is 0 Å². The second kappa shape index (κ2) is 8.53. The van der Waals surface area contributed by atoms with Gasteiger partial charge in [0.25, 0.3) is 0 Å². The van der Waals surface area contributed by atoms with Crippen LogP contribution < -0.4 is 5.32 Å². The second-order valence-electron chi connectivity index (χ2n) is 5.67. The van der Waals surface area contributed by atoms with Gasteiger partial charge in [0.1, 0.15) is 0 Å². The largest absolute Gasteiger partial charge is 0.352 e. The Kier molecular flexibility index (Phi) is 5.90. The maximum Gasteiger partial charge on any atom is 0.221 e. The molecule has 0 aliphatic heterocycles. The zero-order valence-electron chi connectivity index (χ0n) is 14.2. The average Bonchev–Trinajstić information content (AvgIpc) is 3.10. The standard InChI is InChI=1S/C20H21N3OS/c1-25-13-12-19(24)21-14-17-15-23(18-10-6-3-7-11-18)22-20(17)16-8-4-2-5-9-16/h2-11,15H,12-14H2,1H3,(H,21,24). The molecule has 4 nitrogen and oxygen atoms in total. The van der Waals surface area contributed by atoms with E-state index in [0.29, 0.717) is 13.0 Å². The lowest BCUT2D eigenvalue weighted by atomic mass is 10.1. The molecule has 1 aromatic heterocycles. The first-order valence-corrected chi connectivity index (χ1v) is 9.62. The zero-order valence-corrected chi connectivity index (χ0v) is 15.0. The molecule has 5 heteroatoms. The molecule has 0 saturated carbocycles. The van der Waals surface area contributed by atoms with E-state index in [1.165, 1.54) is 0 Å². The lowest BCUT2D eigenvalue weighted by molar-refractivity contribution is -0.120. The predicted molar refractivity (Wildman–Crippen MR) is 104 cm³/mol. The number of thioether (sulfide) groups is 1. The van der Waals surface area contributed by atoms with Gasteiger partial charge in [0.2, 0.25) is 5.91 Å². The van der Waals surface area contributed by atoms with Crippen molar-refractivity contribution in [2.45, 2.75) is 13.0 Å². The van der Waals surface area contributed by atoms with Gasteiger partial charge in [-0.3, -0.25) is 4.79 Å². The van der Waals surface area contributed by atoms with Crippen LogP contribution >= 0.6 is 11.8 Å². The molecule has 3 aromatic rings. The summed E-state index contributed by atoms with van der Waals surface area (Å²) in [5, 5.41) is 7.76. The SMILES string of the molecule is CSCCC(=O)NCc1cn(-c2ccccc2)nc1-c1ccccc1. The topological polar surface area (TPSA) is 46.9 Å². The first-order valence-electron chi connectivity index (χ1n) is 8.23. The molecule has 0 spiro atoms. The van der Waals surface area contributed by atoms with Gasteiger partial charge < -0.3 is 5.32 Å². The minimum Gasteiger partial charge on any atom is -0.352 e. The number of nitrogens with zero attached hydrogens (tertiary/aromatic N) is 2. The van der Waals surface area contributed by atoms with Gasteiger partial charge in [-0.25, -0.2) is 4.68 Å². The summed E-state index contributed by atoms with van der Waals surface area (Å²) in [6, 6.07) is 20.1. The molecule has 0 aliphatic carbocycles. The summed E-state index contributed by atoms with van der Waals surface area (Å²) in [5.41, 5.74) is 3.95. The number of amides is 1. The molecule has 0 atom stereocenters. The minimum absolute atomic E-state index is 0.0702. The van der Waals surface area contributed by atoms with Gasteiger partial charge in [-0.1, -0.05) is 48.5 Å². The van der Waals surface area contributed by atoms with Crippen LogP contribution in [-0.4, -0.2) is 27.7 Å². The van der Waals surface area contributed by atoms with E-state index < -0.39 is 0 Å². The third-order valence-electron chi connectivity index (χ3n) is 3.87. The number of rotatable bonds is 7. The van der Waals surface area contributed by atoms with Crippen molar-refractivity contribution in [1.29, 1.82) is 0 Å². The Hall–Kier alpha value is -2.53. The van der Waals surface area contributed by atoms with Crippen molar-refractivity contribution in [3.05, 3.63) is 72.4 Å². The molecule has 0 saturated heterocycles. The van der Waals surface area contributed by atoms with Crippen LogP contribution in [0.1, 0.15) is 12.0 Å². The molecule has 1 amide bonds. The average molecular weight is 351 g/mol. The van der Waals surface area contributed by atoms with Crippen LogP contribution in [0.25, 0.3) is 16.9 Å². The second-order valence-corrected chi connectivity index (χ2v) is 6.65. The molecule has 0 radical (unpaired) electrons. The number of benzene rings is 2. The smallest absolute Gasteiger partial charge is 0.221 e. The third kappa shape index (κ3) is 4.51. The quantitative estimate of drug-likeness (QED) is 0.702. The molecule has 0 bridgehead atoms. The normalized spacial score (nSPS) is 10.6. The van der Waals surface area contributed by atoms with Crippen molar-refractivity contribution in [2.24, 2.45) is 0 Å². The number of carbonyl (C=O) groups is 1. The molecule has 2 aromatic carbocycles. The number of nitrogens with one attached hydrogen (secondary N) is 1. The van der Waals surface area contributed by atoms with Crippen LogP contribution in [0.4, 0.5) is 0 Å². The van der Waals surface area contributed by atoms with Crippen molar-refractivity contribution >= 4 is 17.7 Å². The van der Waals surface area contributed by atoms with E-state index in [2.05, 4.69) is 5.32 Å². The fraction of sp³-hybridized carbons (Fsp3) is 0.200. The lowest BCUT2D eigenvalue weighted by Gasteiger charge is -2.05. The Morgan fingerprint density at radius 2 is 1.76 bits per heavy atom. The fourth-order valence-electron chi connectivity index (χ4n) is 2.57. The Morgan fingerprint density at radius 3 is 2.44 bits per heavy atom. The van der Waals surface area contributed by atoms with Crippen molar-refractivity contribution < 1.29 is 4.79 Å². The van der Waals surface area contributed by atoms with E-state index in [-0.39, 0.29) is 5.91 Å². The maximum absolute atomic E-state index is 11.9. The molecule has 25 heavy (non-hydrogen) atoms. The highest BCUT2D eigenvalue weighted by atomic mass is 32.2. The highest BCUT2D eigenvalue weighted by Gasteiger charge is 2.13. The Bertz CT molecular complexity index is 815. The molecule has 0 unspecified atom stereocenters. The van der Waals surface area contributed by atoms with Crippen LogP contribution in [0.2, 0.25) is 0 Å². The van der Waals surface area contributed by atoms with Crippen LogP contribution in [0, 0.1) is 0 Å². The van der Waals surface area contributed by atoms with Gasteiger partial charge in [-0.15, -0.1) is 0 Å². The van der Waals surface area contributed by atoms with Crippen LogP contribution in [0.5, 0.6) is 0 Å². The molecule has 128 valence electrons. The van der Waals surface area contributed by atoms with E-state index in [1.807, 2.05) is 77.8 Å². The number of aromatic nitrogens is 2. The molecule has 0 fully saturated rings. The highest BCUT2D eigenvalue weighted by Crippen LogP contribution is 2.23. The fourth-order valence-corrected chi connectivity index (χ4v) is 2.96. The van der Waals surface area contributed by atoms with E-state index in [1.54, 1.807) is 11.8 Å². The van der Waals surface area contributed by atoms with Gasteiger partial charge in [0.15, 0.2) is 0 Å². The molecular weight excluding hydrogens is 330 g/mol. The van der Waals surface area contributed by atoms with E-state index in [4.69, 9.17) is 5.10 Å². The number of hydrogen-bond acceptors (Lipinski definition) is 3. The maximum atomic E-state index is 11.9. The van der Waals surface area contributed by atoms with E-state index >= 15 is 0 Å². The number of para-hydroxylation sites is 1. The van der Waals surface area contributed by atoms with Gasteiger partial charge >= 0.3 is 0 Å². The van der Waals surface area contributed by atoms with Crippen LogP contribution in [0.15, 0.2) is 66.9 Å². The molecule has 1 heterocycles. The predicted octanol–water partition coefficient (Wildman–Crippen LogP) is 3.91. The molecule has 3 rings (SSSR count). The minimum atomic E-state index is 0.0702. The van der Waals surface area contributed by atoms with Gasteiger partial charge in [-0.2, -0.15) is 16.9 Å². The summed E-state index contributed by atoms with van der Waals surface area (Å²) >= 11 is 1.68. The summed E-state index contributed by atoms with van der Waals surface area (Å²) in [7, 11) is 0. The number of hydrogen-bond donors (Lipinski definition) is 1. The lowest BCUT2D eigenvalue weighted by Crippen LogP contribution is -2.23. The first-order chi connectivity index (χ1) is 12.3. The van der Waals surface area contributed by atoms with Crippen molar-refractivity contribution in [3.8, 4) is 16.9 Å². The molecular formula is C20H21N3OS. The van der Waals surface area contributed by atoms with Crippen LogP contribution in [0.3, 0.4) is 0 Å². The summed E-state index contributed by atoms with van der Waals surface area (Å²) < 4.78 is 1.87. The third-order valence-corrected chi connectivity index (χ3v) is 4.48. The van der Waals surface area contributed by atoms with Crippen molar-refractivity contribution in [2.75, 3.05) is 12.0 Å². The van der Waals surface area contributed by atoms with E-state index in [9.17, 15) is 4.79 Å².